The Morgan fingerprint density at radius 1 is 1.08 bits per heavy atom. The van der Waals surface area contributed by atoms with Crippen molar-refractivity contribution in [2.75, 3.05) is 0 Å². The first-order valence-corrected chi connectivity index (χ1v) is 2.66. The van der Waals surface area contributed by atoms with E-state index in [4.69, 9.17) is 0 Å². The maximum Gasteiger partial charge on any atom is 0 e. The van der Waals surface area contributed by atoms with Crippen molar-refractivity contribution in [3.05, 3.63) is 35.4 Å². The van der Waals surface area contributed by atoms with E-state index in [2.05, 4.69) is 12.1 Å². The SMILES string of the molecule is Cc1[c-]ccc(C)[c-]1.[W].[W].[Y].[Y]. The summed E-state index contributed by atoms with van der Waals surface area (Å²) in [5.41, 5.74) is 2.27. The minimum Gasteiger partial charge on any atom is -0.356 e. The van der Waals surface area contributed by atoms with Crippen LogP contribution in [0.4, 0.5) is 0 Å². The summed E-state index contributed by atoms with van der Waals surface area (Å²) >= 11 is 0. The molecule has 0 saturated heterocycles. The first kappa shape index (κ1) is 24.2. The third kappa shape index (κ3) is 10.9. The Morgan fingerprint density at radius 2 is 1.58 bits per heavy atom. The van der Waals surface area contributed by atoms with E-state index < -0.39 is 0 Å². The van der Waals surface area contributed by atoms with Gasteiger partial charge in [-0.2, -0.15) is 0 Å². The second-order valence-electron chi connectivity index (χ2n) is 1.91. The monoisotopic (exact) mass is 650 g/mol. The van der Waals surface area contributed by atoms with Crippen molar-refractivity contribution < 1.29 is 108 Å². The van der Waals surface area contributed by atoms with Crippen LogP contribution < -0.4 is 0 Å². The van der Waals surface area contributed by atoms with Gasteiger partial charge >= 0.3 is 0 Å². The maximum atomic E-state index is 3.11. The number of aryl methyl sites for hydroxylation is 2. The zero-order valence-corrected chi connectivity index (χ0v) is 18.7. The van der Waals surface area contributed by atoms with Gasteiger partial charge in [0.15, 0.2) is 0 Å². The molecule has 1 aromatic carbocycles. The number of hydrogen-bond donors (Lipinski definition) is 0. The van der Waals surface area contributed by atoms with Crippen molar-refractivity contribution >= 4 is 0 Å². The van der Waals surface area contributed by atoms with Gasteiger partial charge < -0.3 is 12.1 Å². The molecule has 0 nitrogen and oxygen atoms in total. The van der Waals surface area contributed by atoms with Gasteiger partial charge in [0.1, 0.15) is 0 Å². The molecule has 0 aliphatic rings. The molecule has 0 aliphatic carbocycles. The minimum absolute atomic E-state index is 0. The molecule has 0 aliphatic heterocycles. The van der Waals surface area contributed by atoms with E-state index in [1.54, 1.807) is 0 Å². The smallest absolute Gasteiger partial charge is 0 e. The van der Waals surface area contributed by atoms with Crippen LogP contribution >= 0.6 is 0 Å². The normalized spacial score (nSPS) is 6.17. The van der Waals surface area contributed by atoms with Crippen LogP contribution in [0.3, 0.4) is 0 Å². The van der Waals surface area contributed by atoms with E-state index in [9.17, 15) is 0 Å². The molecular formula is C8H8W2Y2-2. The third-order valence-electron chi connectivity index (χ3n) is 1.02. The Hall–Kier alpha value is 2.80. The molecule has 12 heavy (non-hydrogen) atoms. The summed E-state index contributed by atoms with van der Waals surface area (Å²) in [6, 6.07) is 10.0. The summed E-state index contributed by atoms with van der Waals surface area (Å²) < 4.78 is 0. The topological polar surface area (TPSA) is 0 Å². The Balaban J connectivity index is -0.0000000800. The average molecular weight is 650 g/mol. The van der Waals surface area contributed by atoms with Crippen molar-refractivity contribution in [2.45, 2.75) is 13.8 Å². The van der Waals surface area contributed by atoms with Gasteiger partial charge in [-0.3, -0.25) is 23.3 Å². The Morgan fingerprint density at radius 3 is 1.83 bits per heavy atom. The van der Waals surface area contributed by atoms with Crippen molar-refractivity contribution in [3.63, 3.8) is 0 Å². The Kier molecular flexibility index (Phi) is 27.8. The second kappa shape index (κ2) is 13.8. The first-order chi connectivity index (χ1) is 3.79. The summed E-state index contributed by atoms with van der Waals surface area (Å²) in [6.45, 7) is 4.02. The first-order valence-electron chi connectivity index (χ1n) is 2.66. The van der Waals surface area contributed by atoms with Crippen LogP contribution in [0.5, 0.6) is 0 Å². The molecule has 0 N–H and O–H groups in total. The summed E-state index contributed by atoms with van der Waals surface area (Å²) in [5, 5.41) is 0. The molecule has 1 rings (SSSR count). The van der Waals surface area contributed by atoms with E-state index in [0.717, 1.165) is 5.56 Å². The van der Waals surface area contributed by atoms with Crippen molar-refractivity contribution in [2.24, 2.45) is 0 Å². The molecule has 0 fully saturated rings. The predicted molar refractivity (Wildman–Crippen MR) is 33.6 cm³/mol. The van der Waals surface area contributed by atoms with Gasteiger partial charge in [0.2, 0.25) is 0 Å². The molecule has 4 heteroatoms. The molecule has 1 aromatic rings. The fourth-order valence-electron chi connectivity index (χ4n) is 0.665. The van der Waals surface area contributed by atoms with Gasteiger partial charge in [-0.1, -0.05) is 13.8 Å². The van der Waals surface area contributed by atoms with Gasteiger partial charge in [0.05, 0.1) is 0 Å². The van der Waals surface area contributed by atoms with Crippen molar-refractivity contribution in [1.29, 1.82) is 0 Å². The van der Waals surface area contributed by atoms with Crippen molar-refractivity contribution in [3.8, 4) is 0 Å². The van der Waals surface area contributed by atoms with E-state index >= 15 is 0 Å². The van der Waals surface area contributed by atoms with Crippen LogP contribution in [0.2, 0.25) is 0 Å². The molecule has 0 amide bonds. The van der Waals surface area contributed by atoms with Crippen LogP contribution in [0, 0.1) is 26.0 Å². The number of benzene rings is 1. The zero-order valence-electron chi connectivity index (χ0n) is 7.13. The largest absolute Gasteiger partial charge is 0.356 e. The molecule has 0 aromatic heterocycles. The van der Waals surface area contributed by atoms with E-state index in [1.165, 1.54) is 5.56 Å². The number of rotatable bonds is 0. The molecule has 0 atom stereocenters. The van der Waals surface area contributed by atoms with Crippen LogP contribution in [0.1, 0.15) is 11.1 Å². The third-order valence-corrected chi connectivity index (χ3v) is 1.02. The predicted octanol–water partition coefficient (Wildman–Crippen LogP) is 1.89. The molecule has 0 heterocycles. The van der Waals surface area contributed by atoms with Crippen molar-refractivity contribution in [1.82, 2.24) is 0 Å². The molecule has 2 radical (unpaired) electrons. The van der Waals surface area contributed by atoms with E-state index in [-0.39, 0.29) is 108 Å². The molecule has 0 spiro atoms. The summed E-state index contributed by atoms with van der Waals surface area (Å²) in [4.78, 5) is 0. The van der Waals surface area contributed by atoms with Crippen LogP contribution in [0.25, 0.3) is 0 Å². The van der Waals surface area contributed by atoms with Crippen LogP contribution in [0.15, 0.2) is 12.1 Å². The zero-order chi connectivity index (χ0) is 5.98. The fourth-order valence-corrected chi connectivity index (χ4v) is 0.665. The molecule has 0 bridgehead atoms. The van der Waals surface area contributed by atoms with Crippen LogP contribution in [-0.4, -0.2) is 0 Å². The molecular weight excluding hydrogens is 642 g/mol. The van der Waals surface area contributed by atoms with E-state index in [0.29, 0.717) is 0 Å². The van der Waals surface area contributed by atoms with Gasteiger partial charge in [-0.05, 0) is 0 Å². The summed E-state index contributed by atoms with van der Waals surface area (Å²) in [5.74, 6) is 0. The minimum atomic E-state index is 0. The van der Waals surface area contributed by atoms with Gasteiger partial charge in [-0.15, -0.1) is 0 Å². The van der Waals surface area contributed by atoms with Gasteiger partial charge in [0, 0.05) is 108 Å². The second-order valence-corrected chi connectivity index (χ2v) is 1.91. The molecule has 0 unspecified atom stereocenters. The van der Waals surface area contributed by atoms with Gasteiger partial charge in [-0.25, -0.2) is 0 Å². The van der Waals surface area contributed by atoms with E-state index in [1.807, 2.05) is 26.0 Å². The Bertz CT molecular complexity index is 175. The molecule has 0 saturated carbocycles. The molecule has 60 valence electrons. The van der Waals surface area contributed by atoms with Crippen LogP contribution in [-0.2, 0) is 108 Å². The summed E-state index contributed by atoms with van der Waals surface area (Å²) in [7, 11) is 0. The maximum absolute atomic E-state index is 3.11. The number of hydrogen-bond acceptors (Lipinski definition) is 0. The fraction of sp³-hybridized carbons (Fsp3) is 0.250. The summed E-state index contributed by atoms with van der Waals surface area (Å²) in [6.07, 6.45) is 0. The quantitative estimate of drug-likeness (QED) is 0.377. The van der Waals surface area contributed by atoms with Gasteiger partial charge in [0.25, 0.3) is 0 Å². The average Bonchev–Trinajstić information content (AvgIpc) is 1.64. The Labute approximate surface area is 154 Å². The standard InChI is InChI=1S/C8H8.2W.2Y/c1-7-4-3-5-8(2)6-7;;;;/h3-4H,1-2H3;;;;/q-2;;;;.